The Labute approximate surface area is 119 Å². The van der Waals surface area contributed by atoms with Crippen LogP contribution in [0, 0.1) is 0 Å². The molecule has 0 aliphatic heterocycles. The van der Waals surface area contributed by atoms with E-state index in [-0.39, 0.29) is 0 Å². The number of aromatic nitrogens is 2. The molecule has 96 valence electrons. The highest BCUT2D eigenvalue weighted by Crippen LogP contribution is 2.30. The van der Waals surface area contributed by atoms with Crippen molar-refractivity contribution in [3.05, 3.63) is 33.5 Å². The first kappa shape index (κ1) is 13.5. The highest BCUT2D eigenvalue weighted by atomic mass is 79.9. The van der Waals surface area contributed by atoms with Crippen LogP contribution in [0.2, 0.25) is 5.02 Å². The number of benzene rings is 1. The van der Waals surface area contributed by atoms with Crippen molar-refractivity contribution in [2.45, 2.75) is 25.8 Å². The van der Waals surface area contributed by atoms with Crippen molar-refractivity contribution in [1.29, 1.82) is 0 Å². The molecular formula is C12H13BrClN3O. The van der Waals surface area contributed by atoms with Crippen LogP contribution in [0.5, 0.6) is 0 Å². The van der Waals surface area contributed by atoms with Gasteiger partial charge in [-0.15, -0.1) is 0 Å². The standard InChI is InChI=1S/C12H13BrClN3O/c1-3-12(2,15)11-16-10(18-17-11)8-5-4-7(14)6-9(8)13/h4-6H,3,15H2,1-2H3. The minimum atomic E-state index is -0.583. The van der Waals surface area contributed by atoms with Crippen LogP contribution < -0.4 is 5.73 Å². The minimum Gasteiger partial charge on any atom is -0.334 e. The molecule has 0 saturated heterocycles. The van der Waals surface area contributed by atoms with Crippen molar-refractivity contribution in [2.24, 2.45) is 5.73 Å². The Kier molecular flexibility index (Phi) is 3.75. The number of rotatable bonds is 3. The predicted molar refractivity (Wildman–Crippen MR) is 74.3 cm³/mol. The molecule has 1 atom stereocenters. The monoisotopic (exact) mass is 329 g/mol. The summed E-state index contributed by atoms with van der Waals surface area (Å²) in [5.74, 6) is 0.931. The zero-order valence-electron chi connectivity index (χ0n) is 10.1. The second-order valence-electron chi connectivity index (χ2n) is 4.32. The van der Waals surface area contributed by atoms with Gasteiger partial charge in [0, 0.05) is 9.50 Å². The molecule has 2 N–H and O–H groups in total. The highest BCUT2D eigenvalue weighted by Gasteiger charge is 2.26. The average molecular weight is 331 g/mol. The number of nitrogens with two attached hydrogens (primary N) is 1. The third-order valence-electron chi connectivity index (χ3n) is 2.83. The summed E-state index contributed by atoms with van der Waals surface area (Å²) in [6.45, 7) is 3.85. The number of nitrogens with zero attached hydrogens (tertiary/aromatic N) is 2. The lowest BCUT2D eigenvalue weighted by Crippen LogP contribution is -2.33. The van der Waals surface area contributed by atoms with Crippen LogP contribution in [0.15, 0.2) is 27.2 Å². The molecule has 18 heavy (non-hydrogen) atoms. The average Bonchev–Trinajstić information content (AvgIpc) is 2.79. The van der Waals surface area contributed by atoms with E-state index in [1.54, 1.807) is 12.1 Å². The van der Waals surface area contributed by atoms with Gasteiger partial charge in [0.2, 0.25) is 0 Å². The fourth-order valence-corrected chi connectivity index (χ4v) is 2.24. The van der Waals surface area contributed by atoms with E-state index < -0.39 is 5.54 Å². The zero-order valence-corrected chi connectivity index (χ0v) is 12.4. The van der Waals surface area contributed by atoms with Gasteiger partial charge in [-0.1, -0.05) is 23.7 Å². The molecule has 0 saturated carbocycles. The molecule has 0 aliphatic carbocycles. The Morgan fingerprint density at radius 2 is 2.22 bits per heavy atom. The van der Waals surface area contributed by atoms with E-state index in [4.69, 9.17) is 21.9 Å². The topological polar surface area (TPSA) is 64.9 Å². The molecule has 0 radical (unpaired) electrons. The molecule has 0 spiro atoms. The maximum absolute atomic E-state index is 6.07. The third kappa shape index (κ3) is 2.58. The Balaban J connectivity index is 2.41. The molecule has 1 aromatic carbocycles. The molecule has 6 heteroatoms. The molecule has 4 nitrogen and oxygen atoms in total. The SMILES string of the molecule is CCC(C)(N)c1noc(-c2ccc(Cl)cc2Br)n1. The molecule has 0 fully saturated rings. The van der Waals surface area contributed by atoms with E-state index in [9.17, 15) is 0 Å². The van der Waals surface area contributed by atoms with E-state index in [0.29, 0.717) is 16.7 Å². The maximum Gasteiger partial charge on any atom is 0.259 e. The molecular weight excluding hydrogens is 318 g/mol. The molecule has 0 amide bonds. The Morgan fingerprint density at radius 3 is 2.83 bits per heavy atom. The fourth-order valence-electron chi connectivity index (χ4n) is 1.39. The van der Waals surface area contributed by atoms with Crippen LogP contribution in [-0.2, 0) is 5.54 Å². The van der Waals surface area contributed by atoms with Gasteiger partial charge in [-0.2, -0.15) is 4.98 Å². The number of halogens is 2. The summed E-state index contributed by atoms with van der Waals surface area (Å²) in [6, 6.07) is 5.37. The van der Waals surface area contributed by atoms with Gasteiger partial charge in [0.25, 0.3) is 5.89 Å². The predicted octanol–water partition coefficient (Wildman–Crippen LogP) is 3.74. The highest BCUT2D eigenvalue weighted by molar-refractivity contribution is 9.10. The Morgan fingerprint density at radius 1 is 1.50 bits per heavy atom. The molecule has 0 bridgehead atoms. The van der Waals surface area contributed by atoms with Crippen molar-refractivity contribution in [1.82, 2.24) is 10.1 Å². The molecule has 1 heterocycles. The van der Waals surface area contributed by atoms with Crippen molar-refractivity contribution in [2.75, 3.05) is 0 Å². The maximum atomic E-state index is 6.07. The minimum absolute atomic E-state index is 0.429. The Hall–Kier alpha value is -0.910. The van der Waals surface area contributed by atoms with Crippen LogP contribution in [0.1, 0.15) is 26.1 Å². The number of hydrogen-bond donors (Lipinski definition) is 1. The lowest BCUT2D eigenvalue weighted by Gasteiger charge is -2.16. The van der Waals surface area contributed by atoms with Crippen LogP contribution in [0.25, 0.3) is 11.5 Å². The van der Waals surface area contributed by atoms with Crippen LogP contribution in [0.4, 0.5) is 0 Å². The van der Waals surface area contributed by atoms with Gasteiger partial charge >= 0.3 is 0 Å². The summed E-state index contributed by atoms with van der Waals surface area (Å²) in [5, 5.41) is 4.57. The molecule has 2 rings (SSSR count). The van der Waals surface area contributed by atoms with Gasteiger partial charge in [0.05, 0.1) is 11.1 Å². The second-order valence-corrected chi connectivity index (χ2v) is 5.61. The van der Waals surface area contributed by atoms with Gasteiger partial charge in [-0.3, -0.25) is 0 Å². The molecule has 0 aliphatic rings. The first-order valence-corrected chi connectivity index (χ1v) is 6.69. The lowest BCUT2D eigenvalue weighted by molar-refractivity contribution is 0.379. The normalized spacial score (nSPS) is 14.5. The summed E-state index contributed by atoms with van der Waals surface area (Å²) in [6.07, 6.45) is 0.730. The van der Waals surface area contributed by atoms with Crippen molar-refractivity contribution < 1.29 is 4.52 Å². The second kappa shape index (κ2) is 4.99. The van der Waals surface area contributed by atoms with Gasteiger partial charge in [-0.25, -0.2) is 0 Å². The summed E-state index contributed by atoms with van der Waals surface area (Å²) < 4.78 is 6.05. The van der Waals surface area contributed by atoms with Crippen molar-refractivity contribution >= 4 is 27.5 Å². The summed E-state index contributed by atoms with van der Waals surface area (Å²) in [7, 11) is 0. The quantitative estimate of drug-likeness (QED) is 0.931. The summed E-state index contributed by atoms with van der Waals surface area (Å²) >= 11 is 9.31. The third-order valence-corrected chi connectivity index (χ3v) is 3.72. The molecule has 2 aromatic rings. The van der Waals surface area contributed by atoms with Gasteiger partial charge in [0.1, 0.15) is 0 Å². The van der Waals surface area contributed by atoms with Crippen LogP contribution >= 0.6 is 27.5 Å². The van der Waals surface area contributed by atoms with Gasteiger partial charge in [-0.05, 0) is 47.5 Å². The van der Waals surface area contributed by atoms with E-state index in [0.717, 1.165) is 16.5 Å². The molecule has 1 aromatic heterocycles. The van der Waals surface area contributed by atoms with E-state index in [1.165, 1.54) is 0 Å². The summed E-state index contributed by atoms with van der Waals surface area (Å²) in [5.41, 5.74) is 6.29. The van der Waals surface area contributed by atoms with Crippen molar-refractivity contribution in [3.63, 3.8) is 0 Å². The molecule has 1 unspecified atom stereocenters. The first-order chi connectivity index (χ1) is 8.44. The van der Waals surface area contributed by atoms with Crippen LogP contribution in [-0.4, -0.2) is 10.1 Å². The lowest BCUT2D eigenvalue weighted by atomic mass is 10.0. The zero-order chi connectivity index (χ0) is 13.3. The fraction of sp³-hybridized carbons (Fsp3) is 0.333. The van der Waals surface area contributed by atoms with Gasteiger partial charge < -0.3 is 10.3 Å². The van der Waals surface area contributed by atoms with Gasteiger partial charge in [0.15, 0.2) is 5.82 Å². The van der Waals surface area contributed by atoms with Crippen molar-refractivity contribution in [3.8, 4) is 11.5 Å². The smallest absolute Gasteiger partial charge is 0.259 e. The summed E-state index contributed by atoms with van der Waals surface area (Å²) in [4.78, 5) is 4.34. The van der Waals surface area contributed by atoms with E-state index >= 15 is 0 Å². The largest absolute Gasteiger partial charge is 0.334 e. The van der Waals surface area contributed by atoms with E-state index in [1.807, 2.05) is 19.9 Å². The first-order valence-electron chi connectivity index (χ1n) is 5.52. The number of hydrogen-bond acceptors (Lipinski definition) is 4. The van der Waals surface area contributed by atoms with Crippen LogP contribution in [0.3, 0.4) is 0 Å². The van der Waals surface area contributed by atoms with E-state index in [2.05, 4.69) is 26.1 Å². The Bertz CT molecular complexity index is 568.